The van der Waals surface area contributed by atoms with Crippen molar-refractivity contribution in [2.45, 2.75) is 19.4 Å². The van der Waals surface area contributed by atoms with E-state index in [0.29, 0.717) is 6.61 Å². The molecule has 2 N–H and O–H groups in total. The summed E-state index contributed by atoms with van der Waals surface area (Å²) in [5.74, 6) is 0.864. The number of hydrogen-bond acceptors (Lipinski definition) is 3. The lowest BCUT2D eigenvalue weighted by Crippen LogP contribution is -2.09. The molecule has 2 aromatic rings. The summed E-state index contributed by atoms with van der Waals surface area (Å²) in [4.78, 5) is 4.26. The smallest absolute Gasteiger partial charge is 0.124 e. The molecule has 0 saturated heterocycles. The average Bonchev–Trinajstić information content (AvgIpc) is 2.40. The number of rotatable bonds is 5. The molecule has 3 nitrogen and oxygen atoms in total. The molecule has 0 aliphatic rings. The molecule has 0 aliphatic carbocycles. The third-order valence-corrected chi connectivity index (χ3v) is 2.75. The number of nitrogens with zero attached hydrogens (tertiary/aromatic N) is 1. The van der Waals surface area contributed by atoms with E-state index >= 15 is 0 Å². The molecule has 3 heteroatoms. The van der Waals surface area contributed by atoms with Crippen LogP contribution in [0.5, 0.6) is 5.75 Å². The van der Waals surface area contributed by atoms with Crippen LogP contribution >= 0.6 is 0 Å². The van der Waals surface area contributed by atoms with Crippen LogP contribution in [-0.2, 0) is 6.42 Å². The Hall–Kier alpha value is -1.87. The predicted molar refractivity (Wildman–Crippen MR) is 72.5 cm³/mol. The van der Waals surface area contributed by atoms with Gasteiger partial charge in [-0.2, -0.15) is 0 Å². The summed E-state index contributed by atoms with van der Waals surface area (Å²) < 4.78 is 5.78. The van der Waals surface area contributed by atoms with E-state index in [-0.39, 0.29) is 6.04 Å². The van der Waals surface area contributed by atoms with Gasteiger partial charge in [-0.15, -0.1) is 0 Å². The highest BCUT2D eigenvalue weighted by Gasteiger charge is 2.06. The fraction of sp³-hybridized carbons (Fsp3) is 0.267. The zero-order valence-corrected chi connectivity index (χ0v) is 10.5. The lowest BCUT2D eigenvalue weighted by Gasteiger charge is -2.13. The Morgan fingerprint density at radius 3 is 2.67 bits per heavy atom. The molecule has 0 radical (unpaired) electrons. The highest BCUT2D eigenvalue weighted by molar-refractivity contribution is 5.35. The van der Waals surface area contributed by atoms with Crippen LogP contribution in [-0.4, -0.2) is 11.6 Å². The molecule has 0 aliphatic heterocycles. The average molecular weight is 242 g/mol. The van der Waals surface area contributed by atoms with Gasteiger partial charge in [-0.25, -0.2) is 0 Å². The summed E-state index contributed by atoms with van der Waals surface area (Å²) in [5, 5.41) is 0. The normalized spacial score (nSPS) is 12.1. The number of hydrogen-bond donors (Lipinski definition) is 1. The molecule has 18 heavy (non-hydrogen) atoms. The lowest BCUT2D eigenvalue weighted by atomic mass is 10.1. The number of ether oxygens (including phenoxy) is 1. The summed E-state index contributed by atoms with van der Waals surface area (Å²) in [6, 6.07) is 13.8. The molecule has 0 saturated carbocycles. The van der Waals surface area contributed by atoms with Gasteiger partial charge < -0.3 is 10.5 Å². The van der Waals surface area contributed by atoms with E-state index in [2.05, 4.69) is 4.98 Å². The molecule has 0 amide bonds. The maximum Gasteiger partial charge on any atom is 0.124 e. The number of benzene rings is 1. The van der Waals surface area contributed by atoms with Crippen molar-refractivity contribution in [3.05, 3.63) is 59.9 Å². The van der Waals surface area contributed by atoms with Crippen molar-refractivity contribution in [2.24, 2.45) is 5.73 Å². The first-order chi connectivity index (χ1) is 8.77. The SMILES string of the molecule is C[C@H](N)c1ccccc1OCCc1ccccn1. The third kappa shape index (κ3) is 3.31. The van der Waals surface area contributed by atoms with Gasteiger partial charge in [0.2, 0.25) is 0 Å². The summed E-state index contributed by atoms with van der Waals surface area (Å²) in [6.07, 6.45) is 2.60. The molecular formula is C15H18N2O. The van der Waals surface area contributed by atoms with Crippen molar-refractivity contribution < 1.29 is 4.74 Å². The summed E-state index contributed by atoms with van der Waals surface area (Å²) in [7, 11) is 0. The highest BCUT2D eigenvalue weighted by Crippen LogP contribution is 2.23. The van der Waals surface area contributed by atoms with Gasteiger partial charge in [-0.05, 0) is 25.1 Å². The number of pyridine rings is 1. The Bertz CT molecular complexity index is 483. The minimum atomic E-state index is -0.0175. The Morgan fingerprint density at radius 2 is 1.94 bits per heavy atom. The fourth-order valence-electron chi connectivity index (χ4n) is 1.80. The molecule has 0 fully saturated rings. The second-order valence-corrected chi connectivity index (χ2v) is 4.25. The van der Waals surface area contributed by atoms with Gasteiger partial charge >= 0.3 is 0 Å². The number of nitrogens with two attached hydrogens (primary N) is 1. The highest BCUT2D eigenvalue weighted by atomic mass is 16.5. The maximum atomic E-state index is 5.91. The van der Waals surface area contributed by atoms with Crippen LogP contribution in [0, 0.1) is 0 Å². The van der Waals surface area contributed by atoms with Crippen molar-refractivity contribution in [1.29, 1.82) is 0 Å². The summed E-state index contributed by atoms with van der Waals surface area (Å²) >= 11 is 0. The summed E-state index contributed by atoms with van der Waals surface area (Å²) in [5.41, 5.74) is 7.98. The van der Waals surface area contributed by atoms with E-state index in [0.717, 1.165) is 23.4 Å². The van der Waals surface area contributed by atoms with Crippen LogP contribution in [0.4, 0.5) is 0 Å². The molecular weight excluding hydrogens is 224 g/mol. The van der Waals surface area contributed by atoms with E-state index in [9.17, 15) is 0 Å². The largest absolute Gasteiger partial charge is 0.493 e. The Morgan fingerprint density at radius 1 is 1.17 bits per heavy atom. The van der Waals surface area contributed by atoms with E-state index in [1.54, 1.807) is 6.20 Å². The zero-order valence-electron chi connectivity index (χ0n) is 10.5. The first-order valence-corrected chi connectivity index (χ1v) is 6.14. The Balaban J connectivity index is 1.94. The first-order valence-electron chi connectivity index (χ1n) is 6.14. The fourth-order valence-corrected chi connectivity index (χ4v) is 1.80. The maximum absolute atomic E-state index is 5.91. The van der Waals surface area contributed by atoms with Crippen molar-refractivity contribution in [2.75, 3.05) is 6.61 Å². The summed E-state index contributed by atoms with van der Waals surface area (Å²) in [6.45, 7) is 2.57. The van der Waals surface area contributed by atoms with Gasteiger partial charge in [-0.3, -0.25) is 4.98 Å². The minimum Gasteiger partial charge on any atom is -0.493 e. The first kappa shape index (κ1) is 12.6. The second kappa shape index (κ2) is 6.17. The van der Waals surface area contributed by atoms with E-state index in [1.807, 2.05) is 49.4 Å². The molecule has 2 rings (SSSR count). The monoisotopic (exact) mass is 242 g/mol. The van der Waals surface area contributed by atoms with Crippen molar-refractivity contribution in [3.8, 4) is 5.75 Å². The van der Waals surface area contributed by atoms with Gasteiger partial charge in [0, 0.05) is 29.9 Å². The number of aromatic nitrogens is 1. The molecule has 1 aromatic carbocycles. The van der Waals surface area contributed by atoms with Crippen LogP contribution in [0.3, 0.4) is 0 Å². The molecule has 94 valence electrons. The lowest BCUT2D eigenvalue weighted by molar-refractivity contribution is 0.315. The van der Waals surface area contributed by atoms with Gasteiger partial charge in [0.05, 0.1) is 6.61 Å². The standard InChI is InChI=1S/C15H18N2O/c1-12(16)14-7-2-3-8-15(14)18-11-9-13-6-4-5-10-17-13/h2-8,10,12H,9,11,16H2,1H3/t12-/m0/s1. The quantitative estimate of drug-likeness (QED) is 0.877. The zero-order chi connectivity index (χ0) is 12.8. The van der Waals surface area contributed by atoms with E-state index in [4.69, 9.17) is 10.5 Å². The van der Waals surface area contributed by atoms with Crippen molar-refractivity contribution >= 4 is 0 Å². The second-order valence-electron chi connectivity index (χ2n) is 4.25. The molecule has 1 heterocycles. The van der Waals surface area contributed by atoms with Crippen LogP contribution in [0.1, 0.15) is 24.2 Å². The molecule has 0 bridgehead atoms. The number of para-hydroxylation sites is 1. The Kier molecular flexibility index (Phi) is 4.31. The van der Waals surface area contributed by atoms with Crippen LogP contribution in [0.25, 0.3) is 0 Å². The van der Waals surface area contributed by atoms with Gasteiger partial charge in [0.25, 0.3) is 0 Å². The van der Waals surface area contributed by atoms with Crippen LogP contribution in [0.2, 0.25) is 0 Å². The molecule has 1 atom stereocenters. The van der Waals surface area contributed by atoms with Crippen LogP contribution in [0.15, 0.2) is 48.7 Å². The van der Waals surface area contributed by atoms with Crippen molar-refractivity contribution in [3.63, 3.8) is 0 Å². The minimum absolute atomic E-state index is 0.0175. The Labute approximate surface area is 108 Å². The predicted octanol–water partition coefficient (Wildman–Crippen LogP) is 2.72. The van der Waals surface area contributed by atoms with E-state index < -0.39 is 0 Å². The molecule has 1 aromatic heterocycles. The van der Waals surface area contributed by atoms with Crippen LogP contribution < -0.4 is 10.5 Å². The van der Waals surface area contributed by atoms with Gasteiger partial charge in [0.15, 0.2) is 0 Å². The van der Waals surface area contributed by atoms with Crippen molar-refractivity contribution in [1.82, 2.24) is 4.98 Å². The van der Waals surface area contributed by atoms with Gasteiger partial charge in [0.1, 0.15) is 5.75 Å². The molecule has 0 unspecified atom stereocenters. The van der Waals surface area contributed by atoms with Gasteiger partial charge in [-0.1, -0.05) is 24.3 Å². The topological polar surface area (TPSA) is 48.1 Å². The third-order valence-electron chi connectivity index (χ3n) is 2.75. The van der Waals surface area contributed by atoms with E-state index in [1.165, 1.54) is 0 Å². The molecule has 0 spiro atoms.